The normalized spacial score (nSPS) is 11.0. The molecule has 0 aromatic heterocycles. The summed E-state index contributed by atoms with van der Waals surface area (Å²) in [5.41, 5.74) is 9.24. The highest BCUT2D eigenvalue weighted by Gasteiger charge is 2.21. The molecule has 280 valence electrons. The van der Waals surface area contributed by atoms with Gasteiger partial charge in [-0.1, -0.05) is 30.3 Å². The minimum Gasteiger partial charge on any atom is -0.488 e. The van der Waals surface area contributed by atoms with Crippen molar-refractivity contribution in [2.75, 3.05) is 10.9 Å². The van der Waals surface area contributed by atoms with Gasteiger partial charge in [0, 0.05) is 23.3 Å². The molecule has 0 heterocycles. The number of hydrogen-bond acceptors (Lipinski definition) is 14. The van der Waals surface area contributed by atoms with Gasteiger partial charge in [0.25, 0.3) is 11.4 Å². The molecule has 55 heavy (non-hydrogen) atoms. The molecule has 0 spiro atoms. The van der Waals surface area contributed by atoms with Gasteiger partial charge in [0.15, 0.2) is 0 Å². The quantitative estimate of drug-likeness (QED) is 0.0550. The molecule has 0 saturated carbocycles. The van der Waals surface area contributed by atoms with E-state index in [9.17, 15) is 40.5 Å². The first-order valence-electron chi connectivity index (χ1n) is 16.3. The lowest BCUT2D eigenvalue weighted by Crippen LogP contribution is -2.09. The smallest absolute Gasteiger partial charge is 0.301 e. The minimum atomic E-state index is -0.734. The predicted octanol–water partition coefficient (Wildman–Crippen LogP) is 8.29. The SMILES string of the molecule is Cc1cc(C)c(COc2ccccc2/C=N/Nc2ccc([N+](=O)[O-])cc2[N+](=O)[O-])c(C)c1COc1ccccc1/C=N/Nc1ccc([N+](=O)[O-])cc1[N+](=O)[O-]. The summed E-state index contributed by atoms with van der Waals surface area (Å²) in [5.74, 6) is 0.980. The van der Waals surface area contributed by atoms with Gasteiger partial charge >= 0.3 is 11.4 Å². The Labute approximate surface area is 312 Å². The van der Waals surface area contributed by atoms with Crippen LogP contribution >= 0.6 is 0 Å². The van der Waals surface area contributed by atoms with Gasteiger partial charge < -0.3 is 9.47 Å². The van der Waals surface area contributed by atoms with Crippen molar-refractivity contribution in [3.8, 4) is 11.5 Å². The van der Waals surface area contributed by atoms with Crippen molar-refractivity contribution >= 4 is 46.6 Å². The van der Waals surface area contributed by atoms with Gasteiger partial charge in [-0.15, -0.1) is 0 Å². The summed E-state index contributed by atoms with van der Waals surface area (Å²) in [4.78, 5) is 42.2. The maximum absolute atomic E-state index is 11.5. The average molecular weight is 749 g/mol. The molecule has 0 fully saturated rings. The molecule has 0 aliphatic heterocycles. The Balaban J connectivity index is 1.28. The fraction of sp³-hybridized carbons (Fsp3) is 0.135. The zero-order valence-corrected chi connectivity index (χ0v) is 29.5. The lowest BCUT2D eigenvalue weighted by atomic mass is 9.94. The number of rotatable bonds is 16. The Morgan fingerprint density at radius 2 is 0.964 bits per heavy atom. The third-order valence-corrected chi connectivity index (χ3v) is 8.43. The van der Waals surface area contributed by atoms with Gasteiger partial charge in [-0.3, -0.25) is 51.3 Å². The van der Waals surface area contributed by atoms with E-state index in [0.717, 1.165) is 52.1 Å². The predicted molar refractivity (Wildman–Crippen MR) is 204 cm³/mol. The third-order valence-electron chi connectivity index (χ3n) is 8.43. The molecule has 5 aromatic rings. The Kier molecular flexibility index (Phi) is 12.0. The van der Waals surface area contributed by atoms with Crippen LogP contribution in [-0.4, -0.2) is 32.1 Å². The number of nitro benzene ring substituents is 4. The zero-order valence-electron chi connectivity index (χ0n) is 29.5. The highest BCUT2D eigenvalue weighted by molar-refractivity contribution is 5.85. The van der Waals surface area contributed by atoms with E-state index >= 15 is 0 Å². The highest BCUT2D eigenvalue weighted by Crippen LogP contribution is 2.31. The maximum atomic E-state index is 11.5. The van der Waals surface area contributed by atoms with Crippen LogP contribution in [0.3, 0.4) is 0 Å². The summed E-state index contributed by atoms with van der Waals surface area (Å²) in [6, 6.07) is 22.6. The van der Waals surface area contributed by atoms with Crippen LogP contribution in [0.1, 0.15) is 38.9 Å². The van der Waals surface area contributed by atoms with Gasteiger partial charge in [-0.25, -0.2) is 0 Å². The van der Waals surface area contributed by atoms with E-state index < -0.39 is 42.4 Å². The lowest BCUT2D eigenvalue weighted by Gasteiger charge is -2.19. The molecule has 18 nitrogen and oxygen atoms in total. The number of hydrazone groups is 2. The first-order chi connectivity index (χ1) is 26.3. The average Bonchev–Trinajstić information content (AvgIpc) is 3.15. The van der Waals surface area contributed by atoms with Crippen molar-refractivity contribution in [1.29, 1.82) is 0 Å². The second-order valence-electron chi connectivity index (χ2n) is 11.9. The topological polar surface area (TPSA) is 240 Å². The molecule has 0 saturated heterocycles. The molecule has 5 aromatic carbocycles. The van der Waals surface area contributed by atoms with E-state index in [1.165, 1.54) is 24.6 Å². The van der Waals surface area contributed by atoms with Gasteiger partial charge in [0.2, 0.25) is 0 Å². The number of ether oxygens (including phenoxy) is 2. The molecule has 0 atom stereocenters. The number of aryl methyl sites for hydroxylation is 2. The van der Waals surface area contributed by atoms with E-state index in [1.807, 2.05) is 26.8 Å². The second-order valence-corrected chi connectivity index (χ2v) is 11.9. The van der Waals surface area contributed by atoms with Gasteiger partial charge in [-0.2, -0.15) is 10.2 Å². The molecule has 0 aliphatic rings. The largest absolute Gasteiger partial charge is 0.488 e. The second kappa shape index (κ2) is 17.2. The van der Waals surface area contributed by atoms with Gasteiger partial charge in [-0.05, 0) is 85.0 Å². The van der Waals surface area contributed by atoms with Crippen LogP contribution in [0, 0.1) is 61.2 Å². The van der Waals surface area contributed by atoms with E-state index in [-0.39, 0.29) is 24.6 Å². The van der Waals surface area contributed by atoms with E-state index in [1.54, 1.807) is 48.5 Å². The zero-order chi connectivity index (χ0) is 39.6. The molecular formula is C37H32N8O10. The van der Waals surface area contributed by atoms with Crippen molar-refractivity contribution in [3.63, 3.8) is 0 Å². The summed E-state index contributed by atoms with van der Waals surface area (Å²) in [6.07, 6.45) is 2.86. The standard InChI is InChI=1S/C37H32N8O10/c1-23-16-24(2)31(22-55-37-11-7-5-9-27(37)20-39-41-33-15-13-29(43(48)49)18-35(33)45(52)53)25(3)30(23)21-54-36-10-6-4-8-26(36)19-38-40-32-14-12-28(42(46)47)17-34(32)44(50)51/h4-20,40-41H,21-22H2,1-3H3/b38-19+,39-20+. The van der Waals surface area contributed by atoms with Crippen LogP contribution in [0.25, 0.3) is 0 Å². The maximum Gasteiger partial charge on any atom is 0.301 e. The van der Waals surface area contributed by atoms with E-state index in [2.05, 4.69) is 21.1 Å². The van der Waals surface area contributed by atoms with Crippen LogP contribution in [0.5, 0.6) is 11.5 Å². The number of hydrogen-bond donors (Lipinski definition) is 2. The molecule has 2 N–H and O–H groups in total. The molecule has 18 heteroatoms. The van der Waals surface area contributed by atoms with Crippen LogP contribution in [-0.2, 0) is 13.2 Å². The molecule has 0 bridgehead atoms. The molecule has 5 rings (SSSR count). The van der Waals surface area contributed by atoms with Crippen molar-refractivity contribution in [3.05, 3.63) is 170 Å². The number of nitrogens with one attached hydrogen (secondary N) is 2. The molecule has 0 amide bonds. The van der Waals surface area contributed by atoms with E-state index in [4.69, 9.17) is 9.47 Å². The fourth-order valence-corrected chi connectivity index (χ4v) is 5.56. The number of anilines is 2. The Morgan fingerprint density at radius 1 is 0.564 bits per heavy atom. The van der Waals surface area contributed by atoms with E-state index in [0.29, 0.717) is 22.6 Å². The molecule has 0 unspecified atom stereocenters. The Bertz CT molecular complexity index is 2200. The molecular weight excluding hydrogens is 716 g/mol. The van der Waals surface area contributed by atoms with Gasteiger partial charge in [0.05, 0.1) is 44.3 Å². The summed E-state index contributed by atoms with van der Waals surface area (Å²) < 4.78 is 12.5. The number of nitrogens with zero attached hydrogens (tertiary/aromatic N) is 6. The fourth-order valence-electron chi connectivity index (χ4n) is 5.56. The Hall–Kier alpha value is -7.76. The van der Waals surface area contributed by atoms with Crippen molar-refractivity contribution in [2.45, 2.75) is 34.0 Å². The number of non-ortho nitro benzene ring substituents is 2. The van der Waals surface area contributed by atoms with Crippen LogP contribution in [0.4, 0.5) is 34.1 Å². The van der Waals surface area contributed by atoms with Crippen molar-refractivity contribution in [1.82, 2.24) is 0 Å². The lowest BCUT2D eigenvalue weighted by molar-refractivity contribution is -0.393. The van der Waals surface area contributed by atoms with Gasteiger partial charge in [0.1, 0.15) is 36.1 Å². The number of nitro groups is 4. The first kappa shape index (κ1) is 38.5. The van der Waals surface area contributed by atoms with Crippen molar-refractivity contribution in [2.24, 2.45) is 10.2 Å². The third kappa shape index (κ3) is 9.38. The van der Waals surface area contributed by atoms with Crippen molar-refractivity contribution < 1.29 is 29.2 Å². The summed E-state index contributed by atoms with van der Waals surface area (Å²) in [7, 11) is 0. The minimum absolute atomic E-state index is 0.0222. The molecule has 0 radical (unpaired) electrons. The Morgan fingerprint density at radius 3 is 1.35 bits per heavy atom. The summed E-state index contributed by atoms with van der Waals surface area (Å²) in [5, 5.41) is 53.3. The highest BCUT2D eigenvalue weighted by atomic mass is 16.6. The van der Waals surface area contributed by atoms with Crippen LogP contribution < -0.4 is 20.3 Å². The number of benzene rings is 5. The number of para-hydroxylation sites is 2. The van der Waals surface area contributed by atoms with Crippen LogP contribution in [0.2, 0.25) is 0 Å². The molecule has 0 aliphatic carbocycles. The first-order valence-corrected chi connectivity index (χ1v) is 16.3. The summed E-state index contributed by atoms with van der Waals surface area (Å²) in [6.45, 7) is 6.32. The summed E-state index contributed by atoms with van der Waals surface area (Å²) >= 11 is 0. The van der Waals surface area contributed by atoms with Crippen LogP contribution in [0.15, 0.2) is 101 Å². The monoisotopic (exact) mass is 748 g/mol.